The van der Waals surface area contributed by atoms with Gasteiger partial charge < -0.3 is 9.84 Å². The van der Waals surface area contributed by atoms with Crippen molar-refractivity contribution in [1.82, 2.24) is 0 Å². The van der Waals surface area contributed by atoms with Crippen LogP contribution in [-0.4, -0.2) is 22.9 Å². The predicted molar refractivity (Wildman–Crippen MR) is 92.8 cm³/mol. The molecule has 2 aliphatic rings. The maximum atomic E-state index is 10.6. The van der Waals surface area contributed by atoms with Crippen LogP contribution in [0.5, 0.6) is 0 Å². The zero-order valence-electron chi connectivity index (χ0n) is 14.7. The maximum absolute atomic E-state index is 10.6. The highest BCUT2D eigenvalue weighted by Crippen LogP contribution is 2.45. The standard InChI is InChI=1S/C20H32O2/c1-14(2)17-11-9-15(3)7-6-8-16(4)10-12-19-20(5,22-19)18(21)13-17/h8-9,17-19,21H,1,6-7,10-13H2,2-5H3/b15-9+,16-8+/t17-,18+,19+,20+/m1/s1. The summed E-state index contributed by atoms with van der Waals surface area (Å²) in [5.74, 6) is 0.340. The molecule has 1 fully saturated rings. The highest BCUT2D eigenvalue weighted by molar-refractivity contribution is 5.12. The van der Waals surface area contributed by atoms with Crippen LogP contribution in [0, 0.1) is 5.92 Å². The lowest BCUT2D eigenvalue weighted by Gasteiger charge is -2.23. The average molecular weight is 304 g/mol. The Hall–Kier alpha value is -0.860. The smallest absolute Gasteiger partial charge is 0.118 e. The number of hydrogen-bond acceptors (Lipinski definition) is 2. The van der Waals surface area contributed by atoms with Gasteiger partial charge in [0.25, 0.3) is 0 Å². The van der Waals surface area contributed by atoms with Crippen LogP contribution in [0.2, 0.25) is 0 Å². The summed E-state index contributed by atoms with van der Waals surface area (Å²) in [6.45, 7) is 12.7. The molecule has 0 aromatic carbocycles. The number of aliphatic hydroxyl groups excluding tert-OH is 1. The van der Waals surface area contributed by atoms with Gasteiger partial charge in [0.2, 0.25) is 0 Å². The largest absolute Gasteiger partial charge is 0.390 e. The van der Waals surface area contributed by atoms with Gasteiger partial charge in [-0.2, -0.15) is 0 Å². The highest BCUT2D eigenvalue weighted by Gasteiger charge is 2.56. The topological polar surface area (TPSA) is 32.8 Å². The molecular weight excluding hydrogens is 272 g/mol. The Labute approximate surface area is 136 Å². The lowest BCUT2D eigenvalue weighted by atomic mass is 9.85. The van der Waals surface area contributed by atoms with Crippen LogP contribution in [0.1, 0.15) is 66.2 Å². The van der Waals surface area contributed by atoms with Crippen LogP contribution < -0.4 is 0 Å². The summed E-state index contributed by atoms with van der Waals surface area (Å²) in [6, 6.07) is 0. The van der Waals surface area contributed by atoms with Crippen molar-refractivity contribution in [2.24, 2.45) is 5.92 Å². The Morgan fingerprint density at radius 3 is 2.64 bits per heavy atom. The summed E-state index contributed by atoms with van der Waals surface area (Å²) in [6.07, 6.45) is 10.5. The van der Waals surface area contributed by atoms with E-state index < -0.39 is 6.10 Å². The third-order valence-electron chi connectivity index (χ3n) is 5.43. The van der Waals surface area contributed by atoms with Crippen LogP contribution in [-0.2, 0) is 4.74 Å². The van der Waals surface area contributed by atoms with E-state index in [1.807, 2.05) is 0 Å². The summed E-state index contributed by atoms with van der Waals surface area (Å²) >= 11 is 0. The molecule has 1 heterocycles. The minimum atomic E-state index is -0.403. The van der Waals surface area contributed by atoms with Gasteiger partial charge >= 0.3 is 0 Å². The van der Waals surface area contributed by atoms with Crippen molar-refractivity contribution in [3.63, 3.8) is 0 Å². The van der Waals surface area contributed by atoms with E-state index in [1.165, 1.54) is 11.1 Å². The molecule has 22 heavy (non-hydrogen) atoms. The van der Waals surface area contributed by atoms with Crippen molar-refractivity contribution in [2.45, 2.75) is 84.0 Å². The summed E-state index contributed by atoms with van der Waals surface area (Å²) in [5.41, 5.74) is 3.69. The molecule has 4 atom stereocenters. The van der Waals surface area contributed by atoms with Gasteiger partial charge in [-0.3, -0.25) is 0 Å². The Morgan fingerprint density at radius 1 is 1.27 bits per heavy atom. The van der Waals surface area contributed by atoms with E-state index in [-0.39, 0.29) is 11.7 Å². The summed E-state index contributed by atoms with van der Waals surface area (Å²) in [5, 5.41) is 10.6. The van der Waals surface area contributed by atoms with Gasteiger partial charge in [-0.15, -0.1) is 0 Å². The number of rotatable bonds is 1. The van der Waals surface area contributed by atoms with E-state index >= 15 is 0 Å². The number of epoxide rings is 1. The van der Waals surface area contributed by atoms with Crippen molar-refractivity contribution in [2.75, 3.05) is 0 Å². The van der Waals surface area contributed by atoms with E-state index in [0.717, 1.165) is 44.1 Å². The quantitative estimate of drug-likeness (QED) is 0.549. The van der Waals surface area contributed by atoms with Crippen molar-refractivity contribution in [1.29, 1.82) is 0 Å². The predicted octanol–water partition coefficient (Wildman–Crippen LogP) is 4.94. The van der Waals surface area contributed by atoms with Gasteiger partial charge in [-0.1, -0.05) is 35.5 Å². The zero-order valence-corrected chi connectivity index (χ0v) is 14.7. The van der Waals surface area contributed by atoms with Crippen LogP contribution in [0.3, 0.4) is 0 Å². The molecule has 0 radical (unpaired) electrons. The third kappa shape index (κ3) is 4.33. The van der Waals surface area contributed by atoms with Gasteiger partial charge in [0.05, 0.1) is 12.2 Å². The molecule has 0 saturated carbocycles. The monoisotopic (exact) mass is 304 g/mol. The number of fused-ring (bicyclic) bond motifs is 1. The Bertz CT molecular complexity index is 474. The molecule has 124 valence electrons. The van der Waals surface area contributed by atoms with Gasteiger partial charge in [0, 0.05) is 0 Å². The molecule has 1 saturated heterocycles. The lowest BCUT2D eigenvalue weighted by Crippen LogP contribution is -2.31. The molecule has 0 amide bonds. The minimum absolute atomic E-state index is 0.205. The molecule has 1 N–H and O–H groups in total. The van der Waals surface area contributed by atoms with Crippen LogP contribution in [0.25, 0.3) is 0 Å². The SMILES string of the molecule is C=C(C)[C@@H]1C/C=C(\C)CC/C=C(\C)CC[C@@H]2O[C@@]2(C)[C@@H](O)C1. The Morgan fingerprint density at radius 2 is 1.95 bits per heavy atom. The van der Waals surface area contributed by atoms with E-state index in [1.54, 1.807) is 0 Å². The second-order valence-electron chi connectivity index (χ2n) is 7.50. The number of aliphatic hydroxyl groups is 1. The molecule has 1 aliphatic heterocycles. The van der Waals surface area contributed by atoms with Crippen molar-refractivity contribution in [3.8, 4) is 0 Å². The number of allylic oxidation sites excluding steroid dienone is 5. The summed E-state index contributed by atoms with van der Waals surface area (Å²) in [4.78, 5) is 0. The number of ether oxygens (including phenoxy) is 1. The molecule has 2 rings (SSSR count). The van der Waals surface area contributed by atoms with E-state index in [0.29, 0.717) is 5.92 Å². The maximum Gasteiger partial charge on any atom is 0.118 e. The lowest BCUT2D eigenvalue weighted by molar-refractivity contribution is 0.0672. The average Bonchev–Trinajstić information content (AvgIpc) is 3.12. The first-order valence-electron chi connectivity index (χ1n) is 8.65. The van der Waals surface area contributed by atoms with Crippen molar-refractivity contribution in [3.05, 3.63) is 35.5 Å². The molecule has 2 nitrogen and oxygen atoms in total. The number of hydrogen-bond donors (Lipinski definition) is 1. The second kappa shape index (κ2) is 7.14. The normalized spacial score (nSPS) is 42.1. The summed E-state index contributed by atoms with van der Waals surface area (Å²) < 4.78 is 5.87. The first-order valence-corrected chi connectivity index (χ1v) is 8.65. The molecule has 0 bridgehead atoms. The molecule has 0 unspecified atom stereocenters. The molecule has 1 aliphatic carbocycles. The first-order chi connectivity index (χ1) is 10.3. The molecule has 0 aromatic rings. The van der Waals surface area contributed by atoms with Crippen molar-refractivity contribution >= 4 is 0 Å². The highest BCUT2D eigenvalue weighted by atomic mass is 16.6. The van der Waals surface area contributed by atoms with Crippen LogP contribution in [0.15, 0.2) is 35.5 Å². The molecule has 0 spiro atoms. The summed E-state index contributed by atoms with van der Waals surface area (Å²) in [7, 11) is 0. The van der Waals surface area contributed by atoms with Gasteiger partial charge in [0.1, 0.15) is 5.60 Å². The molecular formula is C20H32O2. The third-order valence-corrected chi connectivity index (χ3v) is 5.43. The van der Waals surface area contributed by atoms with Crippen LogP contribution in [0.4, 0.5) is 0 Å². The van der Waals surface area contributed by atoms with Gasteiger partial charge in [-0.25, -0.2) is 0 Å². The van der Waals surface area contributed by atoms with E-state index in [9.17, 15) is 5.11 Å². The molecule has 2 heteroatoms. The fraction of sp³-hybridized carbons (Fsp3) is 0.700. The van der Waals surface area contributed by atoms with E-state index in [2.05, 4.69) is 46.4 Å². The minimum Gasteiger partial charge on any atom is -0.390 e. The van der Waals surface area contributed by atoms with E-state index in [4.69, 9.17) is 4.74 Å². The Kier molecular flexibility index (Phi) is 5.68. The van der Waals surface area contributed by atoms with Crippen molar-refractivity contribution < 1.29 is 9.84 Å². The van der Waals surface area contributed by atoms with Gasteiger partial charge in [0.15, 0.2) is 0 Å². The second-order valence-corrected chi connectivity index (χ2v) is 7.50. The van der Waals surface area contributed by atoms with Gasteiger partial charge in [-0.05, 0) is 72.1 Å². The molecule has 0 aromatic heterocycles. The Balaban J connectivity index is 2.13. The fourth-order valence-corrected chi connectivity index (χ4v) is 3.37. The van der Waals surface area contributed by atoms with Crippen LogP contribution >= 0.6 is 0 Å². The fourth-order valence-electron chi connectivity index (χ4n) is 3.37. The first kappa shape index (κ1) is 17.5. The zero-order chi connectivity index (χ0) is 16.3.